The van der Waals surface area contributed by atoms with Gasteiger partial charge >= 0.3 is 0 Å². The fraction of sp³-hybridized carbons (Fsp3) is 0.733. The van der Waals surface area contributed by atoms with Gasteiger partial charge in [0.25, 0.3) is 0 Å². The second-order valence-electron chi connectivity index (χ2n) is 6.01. The van der Waals surface area contributed by atoms with E-state index >= 15 is 0 Å². The van der Waals surface area contributed by atoms with E-state index in [-0.39, 0.29) is 12.0 Å². The molecule has 0 amide bonds. The predicted molar refractivity (Wildman–Crippen MR) is 69.4 cm³/mol. The zero-order valence-corrected chi connectivity index (χ0v) is 11.6. The van der Waals surface area contributed by atoms with Crippen LogP contribution in [0.15, 0.2) is 23.0 Å². The van der Waals surface area contributed by atoms with Crippen molar-refractivity contribution >= 4 is 0 Å². The number of allylic oxidation sites excluding steroid dienone is 3. The molecule has 2 bridgehead atoms. The largest absolute Gasteiger partial charge is 0.497 e. The molecule has 1 fully saturated rings. The molecule has 0 aromatic rings. The Bertz CT molecular complexity index is 376. The van der Waals surface area contributed by atoms with Crippen LogP contribution in [0, 0.1) is 23.2 Å². The Morgan fingerprint density at radius 3 is 2.65 bits per heavy atom. The van der Waals surface area contributed by atoms with Crippen molar-refractivity contribution in [3.8, 4) is 0 Å². The van der Waals surface area contributed by atoms with Gasteiger partial charge in [0.15, 0.2) is 0 Å². The lowest BCUT2D eigenvalue weighted by molar-refractivity contribution is -0.0933. The van der Waals surface area contributed by atoms with Crippen LogP contribution >= 0.6 is 0 Å². The van der Waals surface area contributed by atoms with Gasteiger partial charge in [-0.15, -0.1) is 0 Å². The summed E-state index contributed by atoms with van der Waals surface area (Å²) in [5.74, 6) is 2.32. The predicted octanol–water partition coefficient (Wildman–Crippen LogP) is 3.14. The van der Waals surface area contributed by atoms with Gasteiger partial charge in [-0.05, 0) is 38.2 Å². The zero-order chi connectivity index (χ0) is 12.8. The number of rotatable bonds is 1. The minimum Gasteiger partial charge on any atom is -0.497 e. The van der Waals surface area contributed by atoms with Gasteiger partial charge < -0.3 is 9.84 Å². The number of ether oxygens (including phenoxy) is 1. The molecule has 0 aromatic heterocycles. The van der Waals surface area contributed by atoms with Gasteiger partial charge in [-0.25, -0.2) is 0 Å². The fourth-order valence-electron chi connectivity index (χ4n) is 3.59. The van der Waals surface area contributed by atoms with E-state index in [4.69, 9.17) is 4.74 Å². The molecular weight excluding hydrogens is 212 g/mol. The molecule has 4 atom stereocenters. The van der Waals surface area contributed by atoms with E-state index in [1.807, 2.05) is 0 Å². The highest BCUT2D eigenvalue weighted by atomic mass is 16.5. The standard InChI is InChI=1S/C15H24O2/c1-9(2)14-13-10(3)6-11(4)15(7-16,8-17-14)12(13)5/h6,11-13,16H,7-8H2,1-5H3/t11?,12-,13?,15?/m0/s1. The molecule has 96 valence electrons. The van der Waals surface area contributed by atoms with Crippen LogP contribution in [0.4, 0.5) is 0 Å². The molecular formula is C15H24O2. The number of aliphatic hydroxyl groups is 1. The van der Waals surface area contributed by atoms with Crippen molar-refractivity contribution in [2.24, 2.45) is 23.2 Å². The van der Waals surface area contributed by atoms with Gasteiger partial charge in [0.1, 0.15) is 5.76 Å². The van der Waals surface area contributed by atoms with Crippen LogP contribution in [-0.2, 0) is 4.74 Å². The minimum absolute atomic E-state index is 0.0941. The van der Waals surface area contributed by atoms with Gasteiger partial charge in [-0.3, -0.25) is 0 Å². The van der Waals surface area contributed by atoms with E-state index in [1.165, 1.54) is 11.1 Å². The Kier molecular flexibility index (Phi) is 3.11. The molecule has 1 aliphatic carbocycles. The molecule has 0 spiro atoms. The lowest BCUT2D eigenvalue weighted by Crippen LogP contribution is -2.52. The van der Waals surface area contributed by atoms with Crippen LogP contribution in [0.3, 0.4) is 0 Å². The topological polar surface area (TPSA) is 29.5 Å². The van der Waals surface area contributed by atoms with Gasteiger partial charge in [0.2, 0.25) is 0 Å². The van der Waals surface area contributed by atoms with Gasteiger partial charge in [0, 0.05) is 11.3 Å². The van der Waals surface area contributed by atoms with Crippen LogP contribution in [0.2, 0.25) is 0 Å². The quantitative estimate of drug-likeness (QED) is 0.709. The van der Waals surface area contributed by atoms with Crippen LogP contribution < -0.4 is 0 Å². The average molecular weight is 236 g/mol. The molecule has 0 aromatic carbocycles. The smallest absolute Gasteiger partial charge is 0.102 e. The molecule has 1 N–H and O–H groups in total. The van der Waals surface area contributed by atoms with Crippen molar-refractivity contribution in [1.29, 1.82) is 0 Å². The maximum atomic E-state index is 9.82. The summed E-state index contributed by atoms with van der Waals surface area (Å²) in [7, 11) is 0. The summed E-state index contributed by atoms with van der Waals surface area (Å²) in [5.41, 5.74) is 2.56. The lowest BCUT2D eigenvalue weighted by Gasteiger charge is -2.53. The first kappa shape index (κ1) is 12.7. The highest BCUT2D eigenvalue weighted by Crippen LogP contribution is 2.53. The normalized spacial score (nSPS) is 40.7. The summed E-state index contributed by atoms with van der Waals surface area (Å²) in [6.45, 7) is 11.7. The summed E-state index contributed by atoms with van der Waals surface area (Å²) in [4.78, 5) is 0. The first-order chi connectivity index (χ1) is 7.94. The van der Waals surface area contributed by atoms with Gasteiger partial charge in [0.05, 0.1) is 13.2 Å². The minimum atomic E-state index is -0.0941. The summed E-state index contributed by atoms with van der Waals surface area (Å²) in [6.07, 6.45) is 2.33. The third kappa shape index (κ3) is 1.65. The summed E-state index contributed by atoms with van der Waals surface area (Å²) in [5, 5.41) is 9.82. The summed E-state index contributed by atoms with van der Waals surface area (Å²) < 4.78 is 5.99. The monoisotopic (exact) mass is 236 g/mol. The molecule has 3 unspecified atom stereocenters. The molecule has 17 heavy (non-hydrogen) atoms. The van der Waals surface area contributed by atoms with Crippen LogP contribution in [0.25, 0.3) is 0 Å². The fourth-order valence-corrected chi connectivity index (χ4v) is 3.59. The Labute approximate surface area is 104 Å². The molecule has 0 radical (unpaired) electrons. The Morgan fingerprint density at radius 2 is 2.12 bits per heavy atom. The Hall–Kier alpha value is -0.760. The van der Waals surface area contributed by atoms with E-state index in [1.54, 1.807) is 0 Å². The first-order valence-electron chi connectivity index (χ1n) is 6.53. The van der Waals surface area contributed by atoms with Crippen LogP contribution in [0.1, 0.15) is 34.6 Å². The molecule has 1 heterocycles. The van der Waals surface area contributed by atoms with Crippen molar-refractivity contribution in [2.75, 3.05) is 13.2 Å². The van der Waals surface area contributed by atoms with E-state index in [9.17, 15) is 5.11 Å². The third-order valence-corrected chi connectivity index (χ3v) is 4.88. The van der Waals surface area contributed by atoms with Crippen LogP contribution in [0.5, 0.6) is 0 Å². The molecule has 2 heteroatoms. The van der Waals surface area contributed by atoms with Crippen molar-refractivity contribution in [2.45, 2.75) is 34.6 Å². The number of hydrogen-bond acceptors (Lipinski definition) is 2. The molecule has 2 nitrogen and oxygen atoms in total. The van der Waals surface area contributed by atoms with E-state index < -0.39 is 0 Å². The van der Waals surface area contributed by atoms with E-state index in [0.717, 1.165) is 5.76 Å². The summed E-state index contributed by atoms with van der Waals surface area (Å²) >= 11 is 0. The van der Waals surface area contributed by atoms with Crippen molar-refractivity contribution in [3.05, 3.63) is 23.0 Å². The lowest BCUT2D eigenvalue weighted by atomic mass is 9.57. The molecule has 1 aliphatic heterocycles. The molecule has 2 aliphatic rings. The summed E-state index contributed by atoms with van der Waals surface area (Å²) in [6, 6.07) is 0. The Balaban J connectivity index is 2.52. The number of aliphatic hydroxyl groups excluding tert-OH is 1. The first-order valence-corrected chi connectivity index (χ1v) is 6.53. The third-order valence-electron chi connectivity index (χ3n) is 4.88. The highest BCUT2D eigenvalue weighted by molar-refractivity contribution is 5.29. The average Bonchev–Trinajstić information content (AvgIpc) is 2.26. The van der Waals surface area contributed by atoms with Crippen molar-refractivity contribution in [1.82, 2.24) is 0 Å². The zero-order valence-electron chi connectivity index (χ0n) is 11.6. The molecule has 2 rings (SSSR count). The van der Waals surface area contributed by atoms with E-state index in [2.05, 4.69) is 40.7 Å². The number of fused-ring (bicyclic) bond motifs is 2. The molecule has 1 saturated heterocycles. The van der Waals surface area contributed by atoms with Crippen molar-refractivity contribution in [3.63, 3.8) is 0 Å². The second kappa shape index (κ2) is 4.16. The van der Waals surface area contributed by atoms with Crippen LogP contribution in [-0.4, -0.2) is 18.3 Å². The SMILES string of the molecule is CC1=CC(C)C2(CO)COC(=C(C)C)C1[C@@H]2C. The second-order valence-corrected chi connectivity index (χ2v) is 6.01. The van der Waals surface area contributed by atoms with E-state index in [0.29, 0.717) is 24.4 Å². The maximum absolute atomic E-state index is 9.82. The molecule has 0 saturated carbocycles. The number of hydrogen-bond donors (Lipinski definition) is 1. The van der Waals surface area contributed by atoms with Gasteiger partial charge in [-0.1, -0.05) is 25.5 Å². The van der Waals surface area contributed by atoms with Gasteiger partial charge in [-0.2, -0.15) is 0 Å². The maximum Gasteiger partial charge on any atom is 0.102 e. The highest BCUT2D eigenvalue weighted by Gasteiger charge is 2.52. The Morgan fingerprint density at radius 1 is 1.47 bits per heavy atom. The van der Waals surface area contributed by atoms with Crippen molar-refractivity contribution < 1.29 is 9.84 Å².